The van der Waals surface area contributed by atoms with Crippen molar-refractivity contribution in [1.29, 1.82) is 0 Å². The van der Waals surface area contributed by atoms with Gasteiger partial charge in [0.2, 0.25) is 0 Å². The predicted molar refractivity (Wildman–Crippen MR) is 102 cm³/mol. The van der Waals surface area contributed by atoms with E-state index in [2.05, 4.69) is 20.8 Å². The summed E-state index contributed by atoms with van der Waals surface area (Å²) in [5.41, 5.74) is 1.02. The Balaban J connectivity index is 3.01. The molecule has 0 heterocycles. The third kappa shape index (κ3) is 6.07. The summed E-state index contributed by atoms with van der Waals surface area (Å²) < 4.78 is 6.21. The lowest BCUT2D eigenvalue weighted by molar-refractivity contribution is -0.123. The third-order valence-electron chi connectivity index (χ3n) is 5.23. The summed E-state index contributed by atoms with van der Waals surface area (Å²) in [4.78, 5) is 0. The van der Waals surface area contributed by atoms with Crippen LogP contribution in [0.3, 0.4) is 0 Å². The quantitative estimate of drug-likeness (QED) is 0.508. The lowest BCUT2D eigenvalue weighted by Gasteiger charge is -2.37. The second kappa shape index (κ2) is 11.6. The van der Waals surface area contributed by atoms with Crippen LogP contribution in [0.4, 0.5) is 0 Å². The van der Waals surface area contributed by atoms with Crippen LogP contribution in [0.25, 0.3) is 0 Å². The molecule has 0 aromatic heterocycles. The van der Waals surface area contributed by atoms with Gasteiger partial charge in [0.05, 0.1) is 37.9 Å². The van der Waals surface area contributed by atoms with Crippen molar-refractivity contribution in [1.82, 2.24) is 0 Å². The minimum Gasteiger partial charge on any atom is -0.395 e. The molecule has 2 atom stereocenters. The maximum Gasteiger partial charge on any atom is 0.0947 e. The van der Waals surface area contributed by atoms with Crippen molar-refractivity contribution in [3.05, 3.63) is 35.4 Å². The first kappa shape index (κ1) is 22.1. The molecule has 0 bridgehead atoms. The van der Waals surface area contributed by atoms with Crippen LogP contribution in [0.1, 0.15) is 63.7 Å². The lowest BCUT2D eigenvalue weighted by Crippen LogP contribution is -2.42. The number of ether oxygens (including phenoxy) is 1. The Morgan fingerprint density at radius 2 is 1.56 bits per heavy atom. The topological polar surface area (TPSA) is 69.9 Å². The van der Waals surface area contributed by atoms with Crippen molar-refractivity contribution in [3.63, 3.8) is 0 Å². The van der Waals surface area contributed by atoms with E-state index >= 15 is 0 Å². The van der Waals surface area contributed by atoms with E-state index in [1.54, 1.807) is 0 Å². The molecule has 1 aromatic rings. The van der Waals surface area contributed by atoms with Crippen molar-refractivity contribution >= 4 is 0 Å². The first-order valence-corrected chi connectivity index (χ1v) is 9.63. The van der Waals surface area contributed by atoms with Gasteiger partial charge in [0.15, 0.2) is 0 Å². The zero-order chi connectivity index (χ0) is 18.7. The Kier molecular flexibility index (Phi) is 10.3. The number of aliphatic hydroxyl groups is 3. The van der Waals surface area contributed by atoms with Crippen LogP contribution in [0, 0.1) is 11.3 Å². The molecule has 25 heavy (non-hydrogen) atoms. The fraction of sp³-hybridized carbons (Fsp3) is 0.714. The smallest absolute Gasteiger partial charge is 0.0947 e. The minimum atomic E-state index is -1.09. The zero-order valence-corrected chi connectivity index (χ0v) is 16.1. The molecular weight excluding hydrogens is 316 g/mol. The van der Waals surface area contributed by atoms with E-state index in [4.69, 9.17) is 4.74 Å². The molecule has 0 spiro atoms. The number of aryl methyl sites for hydroxylation is 1. The summed E-state index contributed by atoms with van der Waals surface area (Å²) in [5, 5.41) is 29.6. The van der Waals surface area contributed by atoms with Crippen LogP contribution < -0.4 is 0 Å². The van der Waals surface area contributed by atoms with E-state index < -0.39 is 11.5 Å². The average molecular weight is 353 g/mol. The van der Waals surface area contributed by atoms with Crippen LogP contribution in [0.5, 0.6) is 0 Å². The molecule has 1 rings (SSSR count). The number of hydrogen-bond donors (Lipinski definition) is 3. The molecular formula is C21H36O4. The first-order valence-electron chi connectivity index (χ1n) is 9.63. The SMILES string of the molecule is CCCCC(CC)COC(c1ccc(CC)cc1)C(CO)(CO)CO. The molecule has 0 aliphatic heterocycles. The van der Waals surface area contributed by atoms with Gasteiger partial charge < -0.3 is 20.1 Å². The van der Waals surface area contributed by atoms with Gasteiger partial charge in [-0.05, 0) is 29.9 Å². The molecule has 2 unspecified atom stereocenters. The second-order valence-corrected chi connectivity index (χ2v) is 7.06. The molecule has 0 saturated carbocycles. The first-order chi connectivity index (χ1) is 12.1. The highest BCUT2D eigenvalue weighted by Crippen LogP contribution is 2.37. The molecule has 3 N–H and O–H groups in total. The highest BCUT2D eigenvalue weighted by atomic mass is 16.5. The molecule has 4 nitrogen and oxygen atoms in total. The fourth-order valence-electron chi connectivity index (χ4n) is 3.08. The van der Waals surface area contributed by atoms with Gasteiger partial charge in [0.1, 0.15) is 0 Å². The third-order valence-corrected chi connectivity index (χ3v) is 5.23. The van der Waals surface area contributed by atoms with Crippen molar-refractivity contribution in [2.45, 2.75) is 59.0 Å². The van der Waals surface area contributed by atoms with E-state index in [1.165, 1.54) is 12.0 Å². The normalized spacial score (nSPS) is 14.5. The number of rotatable bonds is 13. The minimum absolute atomic E-state index is 0.327. The fourth-order valence-corrected chi connectivity index (χ4v) is 3.08. The Bertz CT molecular complexity index is 445. The van der Waals surface area contributed by atoms with E-state index in [9.17, 15) is 15.3 Å². The number of hydrogen-bond acceptors (Lipinski definition) is 4. The molecule has 0 saturated heterocycles. The van der Waals surface area contributed by atoms with Gasteiger partial charge in [0, 0.05) is 0 Å². The molecule has 4 heteroatoms. The monoisotopic (exact) mass is 352 g/mol. The van der Waals surface area contributed by atoms with Crippen molar-refractivity contribution in [2.75, 3.05) is 26.4 Å². The van der Waals surface area contributed by atoms with Crippen molar-refractivity contribution in [2.24, 2.45) is 11.3 Å². The lowest BCUT2D eigenvalue weighted by atomic mass is 9.80. The standard InChI is InChI=1S/C21H36O4/c1-4-7-8-18(6-3)13-25-20(21(14-22,15-23)16-24)19-11-9-17(5-2)10-12-19/h9-12,18,20,22-24H,4-8,13-16H2,1-3H3. The summed E-state index contributed by atoms with van der Waals surface area (Å²) in [6.45, 7) is 6.02. The van der Waals surface area contributed by atoms with E-state index in [0.29, 0.717) is 12.5 Å². The van der Waals surface area contributed by atoms with Crippen LogP contribution in [0.15, 0.2) is 24.3 Å². The second-order valence-electron chi connectivity index (χ2n) is 7.06. The molecule has 0 amide bonds. The highest BCUT2D eigenvalue weighted by molar-refractivity contribution is 5.26. The zero-order valence-electron chi connectivity index (χ0n) is 16.1. The van der Waals surface area contributed by atoms with Crippen molar-refractivity contribution in [3.8, 4) is 0 Å². The van der Waals surface area contributed by atoms with E-state index in [0.717, 1.165) is 31.2 Å². The molecule has 1 aromatic carbocycles. The summed E-state index contributed by atoms with van der Waals surface area (Å²) in [5.74, 6) is 0.450. The van der Waals surface area contributed by atoms with Crippen LogP contribution in [-0.4, -0.2) is 41.7 Å². The van der Waals surface area contributed by atoms with Crippen molar-refractivity contribution < 1.29 is 20.1 Å². The summed E-state index contributed by atoms with van der Waals surface area (Å²) in [7, 11) is 0. The molecule has 0 radical (unpaired) electrons. The summed E-state index contributed by atoms with van der Waals surface area (Å²) >= 11 is 0. The summed E-state index contributed by atoms with van der Waals surface area (Å²) in [6, 6.07) is 8.03. The van der Waals surface area contributed by atoms with Gasteiger partial charge in [-0.3, -0.25) is 0 Å². The van der Waals surface area contributed by atoms with Crippen LogP contribution in [-0.2, 0) is 11.2 Å². The number of benzene rings is 1. The molecule has 0 fully saturated rings. The molecule has 0 aliphatic rings. The summed E-state index contributed by atoms with van der Waals surface area (Å²) in [6.07, 6.45) is 4.89. The Labute approximate surface area is 152 Å². The van der Waals surface area contributed by atoms with Gasteiger partial charge in [-0.15, -0.1) is 0 Å². The van der Waals surface area contributed by atoms with E-state index in [-0.39, 0.29) is 19.8 Å². The molecule has 0 aliphatic carbocycles. The average Bonchev–Trinajstić information content (AvgIpc) is 2.68. The Hall–Kier alpha value is -0.940. The number of aliphatic hydroxyl groups excluding tert-OH is 3. The maximum atomic E-state index is 9.87. The predicted octanol–water partition coefficient (Wildman–Crippen LogP) is 3.49. The van der Waals surface area contributed by atoms with Crippen LogP contribution >= 0.6 is 0 Å². The maximum absolute atomic E-state index is 9.87. The van der Waals surface area contributed by atoms with Gasteiger partial charge in [-0.2, -0.15) is 0 Å². The Morgan fingerprint density at radius 1 is 0.960 bits per heavy atom. The Morgan fingerprint density at radius 3 is 2.00 bits per heavy atom. The number of unbranched alkanes of at least 4 members (excludes halogenated alkanes) is 1. The molecule has 144 valence electrons. The van der Waals surface area contributed by atoms with Crippen LogP contribution in [0.2, 0.25) is 0 Å². The highest BCUT2D eigenvalue weighted by Gasteiger charge is 2.40. The largest absolute Gasteiger partial charge is 0.395 e. The van der Waals surface area contributed by atoms with Gasteiger partial charge in [-0.1, -0.05) is 64.3 Å². The van der Waals surface area contributed by atoms with Gasteiger partial charge >= 0.3 is 0 Å². The van der Waals surface area contributed by atoms with Gasteiger partial charge in [-0.25, -0.2) is 0 Å². The van der Waals surface area contributed by atoms with E-state index in [1.807, 2.05) is 24.3 Å². The van der Waals surface area contributed by atoms with Gasteiger partial charge in [0.25, 0.3) is 0 Å².